The minimum absolute atomic E-state index is 0.758. The Morgan fingerprint density at radius 3 is 2.92 bits per heavy atom. The lowest BCUT2D eigenvalue weighted by molar-refractivity contribution is 0.122. The van der Waals surface area contributed by atoms with E-state index in [0.29, 0.717) is 0 Å². The molecule has 26 heavy (non-hydrogen) atoms. The first-order chi connectivity index (χ1) is 12.8. The number of ether oxygens (including phenoxy) is 1. The molecule has 1 aliphatic carbocycles. The summed E-state index contributed by atoms with van der Waals surface area (Å²) in [5.41, 5.74) is 2.46. The summed E-state index contributed by atoms with van der Waals surface area (Å²) in [7, 11) is 0. The predicted octanol–water partition coefficient (Wildman–Crippen LogP) is 3.71. The summed E-state index contributed by atoms with van der Waals surface area (Å²) in [6, 6.07) is 3.98. The van der Waals surface area contributed by atoms with Crippen LogP contribution in [0.2, 0.25) is 0 Å². The van der Waals surface area contributed by atoms with Crippen molar-refractivity contribution in [2.75, 3.05) is 31.2 Å². The van der Waals surface area contributed by atoms with Crippen molar-refractivity contribution in [2.24, 2.45) is 5.92 Å². The summed E-state index contributed by atoms with van der Waals surface area (Å²) < 4.78 is 5.56. The van der Waals surface area contributed by atoms with Gasteiger partial charge in [0.2, 0.25) is 0 Å². The van der Waals surface area contributed by atoms with Crippen molar-refractivity contribution in [1.29, 1.82) is 0 Å². The highest BCUT2D eigenvalue weighted by Gasteiger charge is 2.26. The molecule has 0 bridgehead atoms. The van der Waals surface area contributed by atoms with Gasteiger partial charge in [0.15, 0.2) is 5.82 Å². The molecule has 0 spiro atoms. The molecule has 5 nitrogen and oxygen atoms in total. The normalized spacial score (nSPS) is 20.3. The highest BCUT2D eigenvalue weighted by Crippen LogP contribution is 2.42. The Hall–Kier alpha value is -2.05. The SMILES string of the molecule is C[C@@H]1CCc2c(sc3nc(-c4cccnc4)nc(N4CCOCC4)c23)C1. The molecule has 0 saturated carbocycles. The predicted molar refractivity (Wildman–Crippen MR) is 105 cm³/mol. The minimum atomic E-state index is 0.758. The van der Waals surface area contributed by atoms with Crippen LogP contribution in [0.4, 0.5) is 5.82 Å². The maximum atomic E-state index is 5.56. The second-order valence-electron chi connectivity index (χ2n) is 7.24. The molecule has 0 N–H and O–H groups in total. The standard InChI is InChI=1S/C20H22N4OS/c1-13-4-5-15-16(11-13)26-20-17(15)19(24-7-9-25-10-8-24)22-18(23-20)14-3-2-6-21-12-14/h2-3,6,12-13H,4-5,7-11H2,1H3/t13-/m1/s1. The molecule has 1 fully saturated rings. The van der Waals surface area contributed by atoms with E-state index in [9.17, 15) is 0 Å². The topological polar surface area (TPSA) is 51.1 Å². The first kappa shape index (κ1) is 16.1. The van der Waals surface area contributed by atoms with Crippen LogP contribution in [-0.2, 0) is 17.6 Å². The number of pyridine rings is 1. The molecule has 6 heteroatoms. The lowest BCUT2D eigenvalue weighted by Gasteiger charge is -2.29. The van der Waals surface area contributed by atoms with E-state index in [1.54, 1.807) is 6.20 Å². The lowest BCUT2D eigenvalue weighted by atomic mass is 9.89. The molecule has 1 atom stereocenters. The number of thiophene rings is 1. The van der Waals surface area contributed by atoms with Gasteiger partial charge in [-0.1, -0.05) is 6.92 Å². The first-order valence-electron chi connectivity index (χ1n) is 9.35. The van der Waals surface area contributed by atoms with Crippen LogP contribution in [0.3, 0.4) is 0 Å². The molecular weight excluding hydrogens is 344 g/mol. The fourth-order valence-corrected chi connectivity index (χ4v) is 5.33. The van der Waals surface area contributed by atoms with Gasteiger partial charge in [0.25, 0.3) is 0 Å². The van der Waals surface area contributed by atoms with E-state index in [1.807, 2.05) is 29.7 Å². The largest absolute Gasteiger partial charge is 0.378 e. The van der Waals surface area contributed by atoms with Crippen molar-refractivity contribution in [2.45, 2.75) is 26.2 Å². The summed E-state index contributed by atoms with van der Waals surface area (Å²) in [6.07, 6.45) is 7.20. The summed E-state index contributed by atoms with van der Waals surface area (Å²) in [4.78, 5) is 19.2. The first-order valence-corrected chi connectivity index (χ1v) is 10.2. The van der Waals surface area contributed by atoms with E-state index >= 15 is 0 Å². The highest BCUT2D eigenvalue weighted by molar-refractivity contribution is 7.19. The monoisotopic (exact) mass is 366 g/mol. The number of hydrogen-bond acceptors (Lipinski definition) is 6. The quantitative estimate of drug-likeness (QED) is 0.692. The lowest BCUT2D eigenvalue weighted by Crippen LogP contribution is -2.37. The van der Waals surface area contributed by atoms with E-state index in [0.717, 1.165) is 60.7 Å². The molecule has 0 unspecified atom stereocenters. The van der Waals surface area contributed by atoms with E-state index in [1.165, 1.54) is 28.7 Å². The summed E-state index contributed by atoms with van der Waals surface area (Å²) in [6.45, 7) is 5.65. The Kier molecular flexibility index (Phi) is 4.10. The summed E-state index contributed by atoms with van der Waals surface area (Å²) >= 11 is 1.86. The average molecular weight is 366 g/mol. The number of morpholine rings is 1. The van der Waals surface area contributed by atoms with Gasteiger partial charge in [-0.2, -0.15) is 0 Å². The van der Waals surface area contributed by atoms with Gasteiger partial charge in [-0.15, -0.1) is 11.3 Å². The average Bonchev–Trinajstić information content (AvgIpc) is 3.06. The fraction of sp³-hybridized carbons (Fsp3) is 0.450. The maximum absolute atomic E-state index is 5.56. The number of fused-ring (bicyclic) bond motifs is 3. The molecule has 0 radical (unpaired) electrons. The van der Waals surface area contributed by atoms with Crippen LogP contribution < -0.4 is 4.90 Å². The van der Waals surface area contributed by atoms with Crippen molar-refractivity contribution >= 4 is 27.4 Å². The Bertz CT molecular complexity index is 934. The minimum Gasteiger partial charge on any atom is -0.378 e. The Labute approximate surface area is 157 Å². The van der Waals surface area contributed by atoms with Crippen molar-refractivity contribution in [3.63, 3.8) is 0 Å². The van der Waals surface area contributed by atoms with E-state index in [2.05, 4.69) is 16.8 Å². The van der Waals surface area contributed by atoms with Crippen LogP contribution in [0, 0.1) is 5.92 Å². The maximum Gasteiger partial charge on any atom is 0.164 e. The summed E-state index contributed by atoms with van der Waals surface area (Å²) in [5.74, 6) is 2.62. The molecule has 0 amide bonds. The molecule has 5 rings (SSSR count). The molecule has 0 aromatic carbocycles. The Balaban J connectivity index is 1.72. The summed E-state index contributed by atoms with van der Waals surface area (Å²) in [5, 5.41) is 1.28. The van der Waals surface area contributed by atoms with E-state index in [-0.39, 0.29) is 0 Å². The molecule has 3 aromatic rings. The van der Waals surface area contributed by atoms with Gasteiger partial charge in [-0.25, -0.2) is 9.97 Å². The van der Waals surface area contributed by atoms with Gasteiger partial charge in [-0.3, -0.25) is 4.98 Å². The van der Waals surface area contributed by atoms with E-state index < -0.39 is 0 Å². The van der Waals surface area contributed by atoms with Gasteiger partial charge in [0, 0.05) is 35.9 Å². The number of hydrogen-bond donors (Lipinski definition) is 0. The molecule has 134 valence electrons. The highest BCUT2D eigenvalue weighted by atomic mass is 32.1. The molecular formula is C20H22N4OS. The van der Waals surface area contributed by atoms with Crippen molar-refractivity contribution in [3.8, 4) is 11.4 Å². The van der Waals surface area contributed by atoms with Crippen LogP contribution >= 0.6 is 11.3 Å². The van der Waals surface area contributed by atoms with Crippen molar-refractivity contribution in [3.05, 3.63) is 35.0 Å². The third-order valence-corrected chi connectivity index (χ3v) is 6.51. The molecule has 1 aliphatic heterocycles. The Morgan fingerprint density at radius 2 is 2.12 bits per heavy atom. The van der Waals surface area contributed by atoms with Crippen LogP contribution in [0.15, 0.2) is 24.5 Å². The van der Waals surface area contributed by atoms with Gasteiger partial charge in [0.05, 0.1) is 18.6 Å². The van der Waals surface area contributed by atoms with Crippen LogP contribution in [0.5, 0.6) is 0 Å². The zero-order valence-electron chi connectivity index (χ0n) is 14.9. The molecule has 1 saturated heterocycles. The number of anilines is 1. The van der Waals surface area contributed by atoms with Gasteiger partial charge in [0.1, 0.15) is 10.6 Å². The van der Waals surface area contributed by atoms with Crippen LogP contribution in [0.1, 0.15) is 23.8 Å². The Morgan fingerprint density at radius 1 is 1.23 bits per heavy atom. The van der Waals surface area contributed by atoms with Crippen molar-refractivity contribution in [1.82, 2.24) is 15.0 Å². The number of rotatable bonds is 2. The van der Waals surface area contributed by atoms with Crippen LogP contribution in [0.25, 0.3) is 21.6 Å². The number of nitrogens with zero attached hydrogens (tertiary/aromatic N) is 4. The smallest absolute Gasteiger partial charge is 0.164 e. The molecule has 4 heterocycles. The zero-order valence-corrected chi connectivity index (χ0v) is 15.8. The van der Waals surface area contributed by atoms with Gasteiger partial charge < -0.3 is 9.64 Å². The van der Waals surface area contributed by atoms with Gasteiger partial charge >= 0.3 is 0 Å². The van der Waals surface area contributed by atoms with Gasteiger partial charge in [-0.05, 0) is 42.9 Å². The molecule has 2 aliphatic rings. The second-order valence-corrected chi connectivity index (χ2v) is 8.33. The van der Waals surface area contributed by atoms with Crippen LogP contribution in [-0.4, -0.2) is 41.3 Å². The fourth-order valence-electron chi connectivity index (χ4n) is 3.95. The van der Waals surface area contributed by atoms with Crippen molar-refractivity contribution < 1.29 is 4.74 Å². The number of aromatic nitrogens is 3. The number of aryl methyl sites for hydroxylation is 1. The van der Waals surface area contributed by atoms with E-state index in [4.69, 9.17) is 14.7 Å². The molecule has 3 aromatic heterocycles. The zero-order chi connectivity index (χ0) is 17.5. The second kappa shape index (κ2) is 6.59. The third-order valence-electron chi connectivity index (χ3n) is 5.37. The third kappa shape index (κ3) is 2.77.